The second kappa shape index (κ2) is 9.90. The van der Waals surface area contributed by atoms with Crippen LogP contribution in [0.1, 0.15) is 11.1 Å². The highest BCUT2D eigenvalue weighted by Gasteiger charge is 2.23. The van der Waals surface area contributed by atoms with Crippen molar-refractivity contribution in [1.82, 2.24) is 5.32 Å². The Kier molecular flexibility index (Phi) is 7.80. The quantitative estimate of drug-likeness (QED) is 0.623. The molecule has 1 N–H and O–H groups in total. The largest absolute Gasteiger partial charge is 0.493 e. The summed E-state index contributed by atoms with van der Waals surface area (Å²) in [6.45, 7) is 1.45. The Labute approximate surface area is 181 Å². The monoisotopic (exact) mass is 456 g/mol. The average Bonchev–Trinajstić information content (AvgIpc) is 2.71. The van der Waals surface area contributed by atoms with Gasteiger partial charge in [0.15, 0.2) is 11.5 Å². The number of anilines is 1. The van der Waals surface area contributed by atoms with Gasteiger partial charge in [0.25, 0.3) is 0 Å². The molecule has 0 atom stereocenters. The number of amides is 1. The van der Waals surface area contributed by atoms with Crippen molar-refractivity contribution in [3.05, 3.63) is 46.5 Å². The van der Waals surface area contributed by atoms with E-state index in [1.54, 1.807) is 37.3 Å². The number of nitrogens with zero attached hydrogens (tertiary/aromatic N) is 1. The van der Waals surface area contributed by atoms with Gasteiger partial charge in [-0.05, 0) is 42.3 Å². The second-order valence-corrected chi connectivity index (χ2v) is 8.78. The fourth-order valence-electron chi connectivity index (χ4n) is 2.87. The molecular weight excluding hydrogens is 432 g/mol. The molecule has 0 bridgehead atoms. The molecule has 8 nitrogen and oxygen atoms in total. The number of carbonyl (C=O) groups excluding carboxylic acids is 1. The molecule has 10 heteroatoms. The maximum Gasteiger partial charge on any atom is 0.241 e. The molecule has 2 aromatic carbocycles. The summed E-state index contributed by atoms with van der Waals surface area (Å²) in [4.78, 5) is 12.5. The van der Waals surface area contributed by atoms with Gasteiger partial charge in [0.05, 0.1) is 33.3 Å². The molecule has 0 unspecified atom stereocenters. The fraction of sp³-hybridized carbons (Fsp3) is 0.350. The first-order chi connectivity index (χ1) is 14.1. The van der Waals surface area contributed by atoms with Crippen molar-refractivity contribution < 1.29 is 27.4 Å². The molecule has 0 saturated heterocycles. The summed E-state index contributed by atoms with van der Waals surface area (Å²) in [5, 5.41) is 3.13. The molecule has 0 radical (unpaired) electrons. The number of ether oxygens (including phenoxy) is 3. The lowest BCUT2D eigenvalue weighted by molar-refractivity contribution is -0.119. The Morgan fingerprint density at radius 2 is 1.70 bits per heavy atom. The molecule has 2 rings (SSSR count). The number of nitrogens with one attached hydrogen (secondary N) is 1. The number of halogens is 1. The van der Waals surface area contributed by atoms with Crippen molar-refractivity contribution in [1.29, 1.82) is 0 Å². The van der Waals surface area contributed by atoms with Gasteiger partial charge >= 0.3 is 0 Å². The van der Waals surface area contributed by atoms with Gasteiger partial charge in [-0.25, -0.2) is 8.42 Å². The van der Waals surface area contributed by atoms with E-state index in [1.165, 1.54) is 21.3 Å². The minimum Gasteiger partial charge on any atom is -0.493 e. The van der Waals surface area contributed by atoms with Gasteiger partial charge in [0.2, 0.25) is 21.7 Å². The lowest BCUT2D eigenvalue weighted by atomic mass is 10.1. The lowest BCUT2D eigenvalue weighted by Crippen LogP contribution is -2.40. The number of methoxy groups -OCH3 is 3. The second-order valence-electron chi connectivity index (χ2n) is 6.46. The molecule has 0 aromatic heterocycles. The molecule has 0 aliphatic heterocycles. The van der Waals surface area contributed by atoms with E-state index in [4.69, 9.17) is 25.8 Å². The minimum atomic E-state index is -3.71. The van der Waals surface area contributed by atoms with Crippen molar-refractivity contribution in [2.45, 2.75) is 13.5 Å². The smallest absolute Gasteiger partial charge is 0.241 e. The zero-order valence-corrected chi connectivity index (χ0v) is 19.1. The van der Waals surface area contributed by atoms with Crippen molar-refractivity contribution >= 4 is 33.2 Å². The van der Waals surface area contributed by atoms with E-state index >= 15 is 0 Å². The third-order valence-electron chi connectivity index (χ3n) is 4.41. The number of rotatable bonds is 9. The third kappa shape index (κ3) is 5.48. The van der Waals surface area contributed by atoms with E-state index in [1.807, 2.05) is 0 Å². The first-order valence-electron chi connectivity index (χ1n) is 8.90. The van der Waals surface area contributed by atoms with Crippen molar-refractivity contribution in [2.75, 3.05) is 38.4 Å². The van der Waals surface area contributed by atoms with Crippen LogP contribution in [-0.2, 0) is 21.4 Å². The molecule has 0 aliphatic rings. The minimum absolute atomic E-state index is 0.141. The van der Waals surface area contributed by atoms with Crippen molar-refractivity contribution in [3.63, 3.8) is 0 Å². The van der Waals surface area contributed by atoms with E-state index in [-0.39, 0.29) is 13.1 Å². The summed E-state index contributed by atoms with van der Waals surface area (Å²) in [5.74, 6) is 0.866. The molecule has 0 heterocycles. The summed E-state index contributed by atoms with van der Waals surface area (Å²) in [6, 6.07) is 8.31. The maximum atomic E-state index is 12.5. The zero-order chi connectivity index (χ0) is 22.5. The van der Waals surface area contributed by atoms with Crippen LogP contribution in [0.3, 0.4) is 0 Å². The molecule has 0 saturated carbocycles. The molecule has 164 valence electrons. The fourth-order valence-corrected chi connectivity index (χ4v) is 3.95. The van der Waals surface area contributed by atoms with Gasteiger partial charge in [-0.3, -0.25) is 9.10 Å². The number of hydrogen-bond donors (Lipinski definition) is 1. The molecule has 0 aliphatic carbocycles. The molecule has 0 spiro atoms. The van der Waals surface area contributed by atoms with Crippen LogP contribution in [0.5, 0.6) is 17.2 Å². The van der Waals surface area contributed by atoms with Gasteiger partial charge in [-0.2, -0.15) is 0 Å². The Bertz CT molecular complexity index is 1000. The first-order valence-corrected chi connectivity index (χ1v) is 11.1. The first kappa shape index (κ1) is 23.6. The number of sulfonamides is 1. The maximum absolute atomic E-state index is 12.5. The van der Waals surface area contributed by atoms with Gasteiger partial charge in [-0.1, -0.05) is 17.7 Å². The molecule has 2 aromatic rings. The van der Waals surface area contributed by atoms with Crippen LogP contribution in [0, 0.1) is 6.92 Å². The molecular formula is C20H25ClN2O6S. The summed E-state index contributed by atoms with van der Waals surface area (Å²) >= 11 is 6.11. The van der Waals surface area contributed by atoms with Crippen molar-refractivity contribution in [3.8, 4) is 17.2 Å². The highest BCUT2D eigenvalue weighted by Crippen LogP contribution is 2.38. The van der Waals surface area contributed by atoms with Crippen LogP contribution in [0.15, 0.2) is 30.3 Å². The summed E-state index contributed by atoms with van der Waals surface area (Å²) in [7, 11) is 0.785. The van der Waals surface area contributed by atoms with Crippen LogP contribution in [0.2, 0.25) is 5.02 Å². The Hall–Kier alpha value is -2.65. The normalized spacial score (nSPS) is 11.0. The highest BCUT2D eigenvalue weighted by atomic mass is 35.5. The topological polar surface area (TPSA) is 94.2 Å². The average molecular weight is 457 g/mol. The zero-order valence-electron chi connectivity index (χ0n) is 17.5. The highest BCUT2D eigenvalue weighted by molar-refractivity contribution is 7.92. The van der Waals surface area contributed by atoms with Gasteiger partial charge in [0.1, 0.15) is 6.54 Å². The predicted molar refractivity (Wildman–Crippen MR) is 116 cm³/mol. The molecule has 1 amide bonds. The standard InChI is InChI=1S/C20H25ClN2O6S/c1-13-15(21)7-6-8-16(13)23(30(5,25)26)12-19(24)22-11-14-9-17(27-2)20(29-4)18(10-14)28-3/h6-10H,11-12H2,1-5H3,(H,22,24). The van der Waals surface area contributed by atoms with E-state index < -0.39 is 15.9 Å². The van der Waals surface area contributed by atoms with Crippen LogP contribution in [0.4, 0.5) is 5.69 Å². The SMILES string of the molecule is COc1cc(CNC(=O)CN(c2cccc(Cl)c2C)S(C)(=O)=O)cc(OC)c1OC. The number of hydrogen-bond acceptors (Lipinski definition) is 6. The van der Waals surface area contributed by atoms with E-state index in [9.17, 15) is 13.2 Å². The van der Waals surface area contributed by atoms with Crippen LogP contribution >= 0.6 is 11.6 Å². The third-order valence-corrected chi connectivity index (χ3v) is 5.95. The van der Waals surface area contributed by atoms with Gasteiger partial charge < -0.3 is 19.5 Å². The predicted octanol–water partition coefficient (Wildman–Crippen LogP) is 2.76. The van der Waals surface area contributed by atoms with Crippen molar-refractivity contribution in [2.24, 2.45) is 0 Å². The molecule has 0 fully saturated rings. The van der Waals surface area contributed by atoms with E-state index in [0.717, 1.165) is 10.6 Å². The van der Waals surface area contributed by atoms with Crippen LogP contribution < -0.4 is 23.8 Å². The Balaban J connectivity index is 2.20. The number of benzene rings is 2. The van der Waals surface area contributed by atoms with Gasteiger partial charge in [0, 0.05) is 11.6 Å². The Morgan fingerprint density at radius 1 is 1.10 bits per heavy atom. The summed E-state index contributed by atoms with van der Waals surface area (Å²) < 4.78 is 41.5. The number of carbonyl (C=O) groups is 1. The van der Waals surface area contributed by atoms with Gasteiger partial charge in [-0.15, -0.1) is 0 Å². The molecule has 30 heavy (non-hydrogen) atoms. The van der Waals surface area contributed by atoms with Crippen LogP contribution in [-0.4, -0.2) is 48.5 Å². The Morgan fingerprint density at radius 3 is 2.20 bits per heavy atom. The van der Waals surface area contributed by atoms with E-state index in [2.05, 4.69) is 5.32 Å². The lowest BCUT2D eigenvalue weighted by Gasteiger charge is -2.24. The van der Waals surface area contributed by atoms with E-state index in [0.29, 0.717) is 39.1 Å². The summed E-state index contributed by atoms with van der Waals surface area (Å²) in [5.41, 5.74) is 1.62. The summed E-state index contributed by atoms with van der Waals surface area (Å²) in [6.07, 6.45) is 1.04. The van der Waals surface area contributed by atoms with Crippen LogP contribution in [0.25, 0.3) is 0 Å².